The Morgan fingerprint density at radius 2 is 1.12 bits per heavy atom. The van der Waals surface area contributed by atoms with Crippen LogP contribution in [0.2, 0.25) is 0 Å². The Balaban J connectivity index is 2.34. The molecule has 0 saturated heterocycles. The summed E-state index contributed by atoms with van der Waals surface area (Å²) in [5.74, 6) is 1.17. The van der Waals surface area contributed by atoms with Gasteiger partial charge in [0.25, 0.3) is 0 Å². The third-order valence-electron chi connectivity index (χ3n) is 11.1. The number of nitrogens with two attached hydrogens (primary N) is 1. The number of esters is 2. The number of nitrogens with zero attached hydrogens (tertiary/aromatic N) is 3. The quantitative estimate of drug-likeness (QED) is 0.0380. The zero-order valence-corrected chi connectivity index (χ0v) is 37.9. The minimum Gasteiger partial charge on any atom is -0.466 e. The molecule has 1 unspecified atom stereocenters. The van der Waals surface area contributed by atoms with Crippen LogP contribution in [0.5, 0.6) is 0 Å². The Bertz CT molecular complexity index is 1140. The Hall–Kier alpha value is -2.07. The number of aromatic nitrogens is 2. The molecule has 1 aromatic rings. The standard InChI is InChI=1S/C47H88N4O5S/c1-3-5-7-9-10-20-28-41-55-45(52)33-24-16-11-18-26-36-50(38-30-39-51-40-35-44(48)49-47(51)54)37-27-19-12-17-25-34-46(53)56-43(31-22-14-8-6-4-2)32-23-15-13-21-29-42-57/h35,40,43,57H,3-34,36-39,41-42H2,1-2H3,(H2,48,49,54). The van der Waals surface area contributed by atoms with Crippen molar-refractivity contribution >= 4 is 30.4 Å². The summed E-state index contributed by atoms with van der Waals surface area (Å²) >= 11 is 4.32. The van der Waals surface area contributed by atoms with Gasteiger partial charge in [0, 0.05) is 25.6 Å². The molecule has 1 atom stereocenters. The van der Waals surface area contributed by atoms with Crippen LogP contribution in [0.15, 0.2) is 17.1 Å². The Morgan fingerprint density at radius 3 is 1.68 bits per heavy atom. The van der Waals surface area contributed by atoms with Crippen molar-refractivity contribution < 1.29 is 19.1 Å². The fraction of sp³-hybridized carbons (Fsp3) is 0.872. The lowest BCUT2D eigenvalue weighted by Gasteiger charge is -2.22. The highest BCUT2D eigenvalue weighted by Crippen LogP contribution is 2.18. The molecule has 0 amide bonds. The van der Waals surface area contributed by atoms with Crippen LogP contribution in [-0.2, 0) is 25.6 Å². The van der Waals surface area contributed by atoms with Crippen molar-refractivity contribution in [3.05, 3.63) is 22.7 Å². The first-order valence-corrected chi connectivity index (χ1v) is 24.5. The molecule has 0 aliphatic carbocycles. The molecule has 1 rings (SSSR count). The molecule has 0 aliphatic heterocycles. The monoisotopic (exact) mass is 821 g/mol. The molecule has 332 valence electrons. The number of carbonyl (C=O) groups excluding carboxylic acids is 2. The van der Waals surface area contributed by atoms with Crippen molar-refractivity contribution in [1.82, 2.24) is 14.5 Å². The van der Waals surface area contributed by atoms with E-state index in [0.717, 1.165) is 135 Å². The van der Waals surface area contributed by atoms with Crippen molar-refractivity contribution in [2.45, 2.75) is 232 Å². The van der Waals surface area contributed by atoms with Gasteiger partial charge in [-0.15, -0.1) is 0 Å². The van der Waals surface area contributed by atoms with Crippen LogP contribution in [0, 0.1) is 0 Å². The predicted octanol–water partition coefficient (Wildman–Crippen LogP) is 12.0. The molecule has 0 aromatic carbocycles. The zero-order valence-electron chi connectivity index (χ0n) is 37.0. The lowest BCUT2D eigenvalue weighted by atomic mass is 10.0. The van der Waals surface area contributed by atoms with Crippen molar-refractivity contribution in [3.8, 4) is 0 Å². The topological polar surface area (TPSA) is 117 Å². The second-order valence-corrected chi connectivity index (χ2v) is 16.9. The van der Waals surface area contributed by atoms with Crippen molar-refractivity contribution in [2.24, 2.45) is 0 Å². The molecule has 0 aliphatic rings. The van der Waals surface area contributed by atoms with Crippen LogP contribution in [0.25, 0.3) is 0 Å². The fourth-order valence-electron chi connectivity index (χ4n) is 7.50. The summed E-state index contributed by atoms with van der Waals surface area (Å²) in [4.78, 5) is 43.5. The third-order valence-corrected chi connectivity index (χ3v) is 11.4. The van der Waals surface area contributed by atoms with Crippen LogP contribution in [0.1, 0.15) is 219 Å². The van der Waals surface area contributed by atoms with Gasteiger partial charge in [0.05, 0.1) is 6.61 Å². The van der Waals surface area contributed by atoms with E-state index in [-0.39, 0.29) is 29.6 Å². The normalized spacial score (nSPS) is 12.0. The van der Waals surface area contributed by atoms with Crippen molar-refractivity contribution in [2.75, 3.05) is 37.7 Å². The van der Waals surface area contributed by atoms with E-state index >= 15 is 0 Å². The molecule has 0 fully saturated rings. The van der Waals surface area contributed by atoms with Crippen LogP contribution in [0.3, 0.4) is 0 Å². The largest absolute Gasteiger partial charge is 0.466 e. The van der Waals surface area contributed by atoms with Gasteiger partial charge in [-0.3, -0.25) is 14.2 Å². The predicted molar refractivity (Wildman–Crippen MR) is 243 cm³/mol. The smallest absolute Gasteiger partial charge is 0.349 e. The van der Waals surface area contributed by atoms with E-state index in [0.29, 0.717) is 26.0 Å². The average molecular weight is 821 g/mol. The highest BCUT2D eigenvalue weighted by atomic mass is 32.1. The van der Waals surface area contributed by atoms with Gasteiger partial charge >= 0.3 is 17.6 Å². The van der Waals surface area contributed by atoms with E-state index in [1.54, 1.807) is 16.8 Å². The average Bonchev–Trinajstić information content (AvgIpc) is 3.19. The third kappa shape index (κ3) is 33.5. The minimum absolute atomic E-state index is 0.0102. The van der Waals surface area contributed by atoms with Crippen molar-refractivity contribution in [1.29, 1.82) is 0 Å². The summed E-state index contributed by atoms with van der Waals surface area (Å²) in [5, 5.41) is 0. The molecule has 0 radical (unpaired) electrons. The lowest BCUT2D eigenvalue weighted by Crippen LogP contribution is -2.30. The highest BCUT2D eigenvalue weighted by Gasteiger charge is 2.14. The molecular formula is C47H88N4O5S. The van der Waals surface area contributed by atoms with Crippen LogP contribution in [0.4, 0.5) is 5.82 Å². The number of anilines is 1. The summed E-state index contributed by atoms with van der Waals surface area (Å²) in [6.07, 6.45) is 37.3. The number of hydrogen-bond acceptors (Lipinski definition) is 9. The van der Waals surface area contributed by atoms with Gasteiger partial charge in [-0.1, -0.05) is 136 Å². The molecular weight excluding hydrogens is 733 g/mol. The van der Waals surface area contributed by atoms with Crippen LogP contribution >= 0.6 is 12.6 Å². The van der Waals surface area contributed by atoms with E-state index in [4.69, 9.17) is 15.2 Å². The number of hydrogen-bond donors (Lipinski definition) is 2. The summed E-state index contributed by atoms with van der Waals surface area (Å²) < 4.78 is 13.1. The molecule has 0 saturated carbocycles. The van der Waals surface area contributed by atoms with E-state index in [9.17, 15) is 14.4 Å². The number of nitrogen functional groups attached to an aromatic ring is 1. The lowest BCUT2D eigenvalue weighted by molar-refractivity contribution is -0.150. The van der Waals surface area contributed by atoms with Gasteiger partial charge in [-0.25, -0.2) is 4.79 Å². The maximum absolute atomic E-state index is 12.8. The molecule has 10 heteroatoms. The summed E-state index contributed by atoms with van der Waals surface area (Å²) in [5.41, 5.74) is 5.38. The van der Waals surface area contributed by atoms with Gasteiger partial charge in [-0.05, 0) is 102 Å². The first kappa shape index (κ1) is 52.9. The van der Waals surface area contributed by atoms with Gasteiger partial charge in [-0.2, -0.15) is 17.6 Å². The second kappa shape index (κ2) is 39.4. The minimum atomic E-state index is -0.291. The number of carbonyl (C=O) groups is 2. The molecule has 57 heavy (non-hydrogen) atoms. The Kier molecular flexibility index (Phi) is 36.6. The Labute approximate surface area is 355 Å². The maximum atomic E-state index is 12.8. The highest BCUT2D eigenvalue weighted by molar-refractivity contribution is 7.80. The maximum Gasteiger partial charge on any atom is 0.349 e. The summed E-state index contributed by atoms with van der Waals surface area (Å²) in [6, 6.07) is 1.68. The van der Waals surface area contributed by atoms with E-state index in [2.05, 4.69) is 36.4 Å². The number of unbranched alkanes of at least 4 members (excludes halogenated alkanes) is 22. The van der Waals surface area contributed by atoms with Crippen LogP contribution < -0.4 is 11.4 Å². The van der Waals surface area contributed by atoms with Gasteiger partial charge in [0.15, 0.2) is 0 Å². The molecule has 9 nitrogen and oxygen atoms in total. The number of aryl methyl sites for hydroxylation is 1. The Morgan fingerprint density at radius 1 is 0.649 bits per heavy atom. The molecule has 1 aromatic heterocycles. The van der Waals surface area contributed by atoms with Gasteiger partial charge in [0.1, 0.15) is 11.9 Å². The van der Waals surface area contributed by atoms with Crippen molar-refractivity contribution in [3.63, 3.8) is 0 Å². The second-order valence-electron chi connectivity index (χ2n) is 16.5. The first-order valence-electron chi connectivity index (χ1n) is 23.9. The van der Waals surface area contributed by atoms with E-state index in [1.807, 2.05) is 0 Å². The number of thiol groups is 1. The van der Waals surface area contributed by atoms with E-state index < -0.39 is 0 Å². The van der Waals surface area contributed by atoms with Gasteiger partial charge < -0.3 is 20.1 Å². The summed E-state index contributed by atoms with van der Waals surface area (Å²) in [6.45, 7) is 8.69. The molecule has 1 heterocycles. The van der Waals surface area contributed by atoms with E-state index in [1.165, 1.54) is 83.5 Å². The molecule has 2 N–H and O–H groups in total. The fourth-order valence-corrected chi connectivity index (χ4v) is 7.72. The van der Waals surface area contributed by atoms with Crippen LogP contribution in [-0.4, -0.2) is 64.5 Å². The first-order chi connectivity index (χ1) is 27.9. The number of rotatable bonds is 42. The molecule has 0 spiro atoms. The zero-order chi connectivity index (χ0) is 41.4. The summed E-state index contributed by atoms with van der Waals surface area (Å²) in [7, 11) is 0. The van der Waals surface area contributed by atoms with Gasteiger partial charge in [0.2, 0.25) is 0 Å². The SMILES string of the molecule is CCCCCCCCCOC(=O)CCCCCCCN(CCCCCCCC(=O)OC(CCCCCCC)CCCCCCCS)CCCn1ccc(N)nc1=O. The number of ether oxygens (including phenoxy) is 2. The molecule has 0 bridgehead atoms.